The van der Waals surface area contributed by atoms with Crippen LogP contribution in [0.2, 0.25) is 0 Å². The fourth-order valence-electron chi connectivity index (χ4n) is 3.28. The smallest absolute Gasteiger partial charge is 0.145 e. The molecule has 0 spiro atoms. The van der Waals surface area contributed by atoms with Crippen molar-refractivity contribution in [3.63, 3.8) is 0 Å². The van der Waals surface area contributed by atoms with E-state index in [0.29, 0.717) is 12.1 Å². The van der Waals surface area contributed by atoms with Crippen LogP contribution in [0.5, 0.6) is 0 Å². The molecule has 96 valence electrons. The molecule has 2 saturated heterocycles. The number of nitriles is 1. The highest BCUT2D eigenvalue weighted by molar-refractivity contribution is 5.57. The lowest BCUT2D eigenvalue weighted by molar-refractivity contribution is 0.563. The van der Waals surface area contributed by atoms with Gasteiger partial charge in [-0.25, -0.2) is 0 Å². The molecule has 1 aromatic heterocycles. The number of fused-ring (bicyclic) bond motifs is 2. The molecule has 0 aromatic carbocycles. The summed E-state index contributed by atoms with van der Waals surface area (Å²) in [6.07, 6.45) is 3.71. The minimum absolute atomic E-state index is 0.569. The fourth-order valence-corrected chi connectivity index (χ4v) is 3.28. The van der Waals surface area contributed by atoms with Gasteiger partial charge in [-0.15, -0.1) is 0 Å². The molecule has 0 amide bonds. The second kappa shape index (κ2) is 4.29. The zero-order chi connectivity index (χ0) is 12.7. The van der Waals surface area contributed by atoms with Crippen LogP contribution in [0.4, 0.5) is 5.82 Å². The third kappa shape index (κ3) is 1.77. The summed E-state index contributed by atoms with van der Waals surface area (Å²) < 4.78 is 1.85. The molecular formula is C13H19N5. The van der Waals surface area contributed by atoms with Crippen molar-refractivity contribution in [2.75, 3.05) is 18.0 Å². The van der Waals surface area contributed by atoms with Gasteiger partial charge in [-0.1, -0.05) is 0 Å². The zero-order valence-corrected chi connectivity index (χ0v) is 11.0. The van der Waals surface area contributed by atoms with Gasteiger partial charge in [0.15, 0.2) is 0 Å². The first-order valence-corrected chi connectivity index (χ1v) is 6.63. The van der Waals surface area contributed by atoms with Crippen LogP contribution >= 0.6 is 0 Å². The fraction of sp³-hybridized carbons (Fsp3) is 0.692. The number of hydrogen-bond acceptors (Lipinski definition) is 4. The average molecular weight is 245 g/mol. The molecule has 5 nitrogen and oxygen atoms in total. The van der Waals surface area contributed by atoms with Crippen LogP contribution in [0.25, 0.3) is 0 Å². The molecular weight excluding hydrogens is 226 g/mol. The van der Waals surface area contributed by atoms with Gasteiger partial charge < -0.3 is 10.2 Å². The Morgan fingerprint density at radius 2 is 2.11 bits per heavy atom. The minimum atomic E-state index is 0.569. The van der Waals surface area contributed by atoms with E-state index < -0.39 is 0 Å². The number of aromatic nitrogens is 2. The Hall–Kier alpha value is -1.54. The lowest BCUT2D eigenvalue weighted by Gasteiger charge is -2.26. The first kappa shape index (κ1) is 11.5. The van der Waals surface area contributed by atoms with Crippen LogP contribution in [0, 0.1) is 18.3 Å². The van der Waals surface area contributed by atoms with Crippen LogP contribution in [0.1, 0.15) is 30.5 Å². The lowest BCUT2D eigenvalue weighted by Crippen LogP contribution is -2.36. The maximum absolute atomic E-state index is 9.30. The Labute approximate surface area is 107 Å². The van der Waals surface area contributed by atoms with E-state index in [2.05, 4.69) is 21.4 Å². The van der Waals surface area contributed by atoms with Gasteiger partial charge in [0, 0.05) is 32.2 Å². The molecule has 2 bridgehead atoms. The molecule has 2 fully saturated rings. The summed E-state index contributed by atoms with van der Waals surface area (Å²) in [4.78, 5) is 2.33. The van der Waals surface area contributed by atoms with Crippen LogP contribution in [0.15, 0.2) is 0 Å². The van der Waals surface area contributed by atoms with E-state index in [-0.39, 0.29) is 0 Å². The summed E-state index contributed by atoms with van der Waals surface area (Å²) in [5.74, 6) is 0.990. The molecule has 0 radical (unpaired) electrons. The van der Waals surface area contributed by atoms with Gasteiger partial charge in [0.05, 0.1) is 5.69 Å². The number of hydrogen-bond donors (Lipinski definition) is 1. The molecule has 2 unspecified atom stereocenters. The molecule has 0 aliphatic carbocycles. The quantitative estimate of drug-likeness (QED) is 0.799. The molecule has 5 heteroatoms. The summed E-state index contributed by atoms with van der Waals surface area (Å²) >= 11 is 0. The molecule has 3 rings (SSSR count). The maximum Gasteiger partial charge on any atom is 0.145 e. The van der Waals surface area contributed by atoms with Crippen molar-refractivity contribution in [2.24, 2.45) is 7.05 Å². The summed E-state index contributed by atoms with van der Waals surface area (Å²) in [6.45, 7) is 3.91. The van der Waals surface area contributed by atoms with Crippen LogP contribution < -0.4 is 10.2 Å². The molecule has 1 N–H and O–H groups in total. The largest absolute Gasteiger partial charge is 0.354 e. The molecule has 3 heterocycles. The van der Waals surface area contributed by atoms with Gasteiger partial charge in [-0.05, 0) is 26.2 Å². The van der Waals surface area contributed by atoms with Gasteiger partial charge in [0.1, 0.15) is 17.5 Å². The second-order valence-corrected chi connectivity index (χ2v) is 5.39. The predicted octanol–water partition coefficient (Wildman–Crippen LogP) is 0.931. The highest BCUT2D eigenvalue weighted by atomic mass is 15.4. The predicted molar refractivity (Wildman–Crippen MR) is 69.4 cm³/mol. The number of nitrogens with zero attached hydrogens (tertiary/aromatic N) is 4. The van der Waals surface area contributed by atoms with Crippen molar-refractivity contribution in [3.05, 3.63) is 11.3 Å². The number of aryl methyl sites for hydroxylation is 2. The highest BCUT2D eigenvalue weighted by Gasteiger charge is 2.31. The Bertz CT molecular complexity index is 498. The Balaban J connectivity index is 1.93. The first-order valence-electron chi connectivity index (χ1n) is 6.63. The van der Waals surface area contributed by atoms with E-state index >= 15 is 0 Å². The topological polar surface area (TPSA) is 56.9 Å². The highest BCUT2D eigenvalue weighted by Crippen LogP contribution is 2.27. The first-order chi connectivity index (χ1) is 8.69. The summed E-state index contributed by atoms with van der Waals surface area (Å²) in [5, 5.41) is 17.3. The standard InChI is InChI=1S/C13H19N5/c1-9-12(7-14)13(17(2)16-9)18-6-5-10-3-4-11(8-18)15-10/h10-11,15H,3-6,8H2,1-2H3. The van der Waals surface area contributed by atoms with E-state index in [0.717, 1.165) is 36.6 Å². The molecule has 18 heavy (non-hydrogen) atoms. The molecule has 1 aromatic rings. The Kier molecular flexibility index (Phi) is 2.75. The third-order valence-corrected chi connectivity index (χ3v) is 4.13. The maximum atomic E-state index is 9.30. The van der Waals surface area contributed by atoms with E-state index in [1.807, 2.05) is 18.7 Å². The molecule has 2 atom stereocenters. The number of nitrogens with one attached hydrogen (secondary N) is 1. The summed E-state index contributed by atoms with van der Waals surface area (Å²) in [6, 6.07) is 3.54. The molecule has 0 saturated carbocycles. The van der Waals surface area contributed by atoms with E-state index in [9.17, 15) is 5.26 Å². The number of anilines is 1. The molecule has 2 aliphatic heterocycles. The Morgan fingerprint density at radius 3 is 2.89 bits per heavy atom. The normalized spacial score (nSPS) is 27.1. The average Bonchev–Trinajstić information content (AvgIpc) is 2.79. The van der Waals surface area contributed by atoms with Gasteiger partial charge in [-0.3, -0.25) is 4.68 Å². The second-order valence-electron chi connectivity index (χ2n) is 5.39. The summed E-state index contributed by atoms with van der Waals surface area (Å²) in [5.41, 5.74) is 1.56. The Morgan fingerprint density at radius 1 is 1.33 bits per heavy atom. The van der Waals surface area contributed by atoms with Crippen molar-refractivity contribution in [2.45, 2.75) is 38.3 Å². The lowest BCUT2D eigenvalue weighted by atomic mass is 10.1. The van der Waals surface area contributed by atoms with E-state index in [1.54, 1.807) is 0 Å². The molecule has 2 aliphatic rings. The zero-order valence-electron chi connectivity index (χ0n) is 11.0. The van der Waals surface area contributed by atoms with Crippen molar-refractivity contribution in [1.82, 2.24) is 15.1 Å². The van der Waals surface area contributed by atoms with E-state index in [4.69, 9.17) is 0 Å². The van der Waals surface area contributed by atoms with Gasteiger partial charge in [-0.2, -0.15) is 10.4 Å². The van der Waals surface area contributed by atoms with E-state index in [1.165, 1.54) is 12.8 Å². The van der Waals surface area contributed by atoms with Crippen LogP contribution in [-0.4, -0.2) is 35.0 Å². The van der Waals surface area contributed by atoms with Gasteiger partial charge >= 0.3 is 0 Å². The monoisotopic (exact) mass is 245 g/mol. The van der Waals surface area contributed by atoms with Crippen molar-refractivity contribution >= 4 is 5.82 Å². The van der Waals surface area contributed by atoms with Gasteiger partial charge in [0.25, 0.3) is 0 Å². The van der Waals surface area contributed by atoms with Crippen molar-refractivity contribution < 1.29 is 0 Å². The van der Waals surface area contributed by atoms with Crippen molar-refractivity contribution in [3.8, 4) is 6.07 Å². The summed E-state index contributed by atoms with van der Waals surface area (Å²) in [7, 11) is 1.93. The van der Waals surface area contributed by atoms with Gasteiger partial charge in [0.2, 0.25) is 0 Å². The van der Waals surface area contributed by atoms with Crippen molar-refractivity contribution in [1.29, 1.82) is 5.26 Å². The van der Waals surface area contributed by atoms with Crippen LogP contribution in [-0.2, 0) is 7.05 Å². The van der Waals surface area contributed by atoms with Crippen LogP contribution in [0.3, 0.4) is 0 Å². The third-order valence-electron chi connectivity index (χ3n) is 4.13. The minimum Gasteiger partial charge on any atom is -0.354 e. The number of rotatable bonds is 1. The SMILES string of the molecule is Cc1nn(C)c(N2CCC3CCC(C2)N3)c1C#N.